The van der Waals surface area contributed by atoms with Gasteiger partial charge in [-0.05, 0) is 123 Å². The maximum atomic E-state index is 6.11. The molecule has 6 aromatic rings. The predicted molar refractivity (Wildman–Crippen MR) is 190 cm³/mol. The van der Waals surface area contributed by atoms with Crippen molar-refractivity contribution in [3.8, 4) is 34.5 Å². The maximum Gasteiger partial charge on any atom is 0.127 e. The normalized spacial score (nSPS) is 12.9. The summed E-state index contributed by atoms with van der Waals surface area (Å²) < 4.78 is 18.3. The van der Waals surface area contributed by atoms with Gasteiger partial charge in [-0.15, -0.1) is 0 Å². The molecule has 0 atom stereocenters. The summed E-state index contributed by atoms with van der Waals surface area (Å²) in [5.74, 6) is 4.89. The molecule has 6 heteroatoms. The van der Waals surface area contributed by atoms with Crippen molar-refractivity contribution in [2.24, 2.45) is 0 Å². The molecule has 0 amide bonds. The molecule has 0 bridgehead atoms. The molecule has 0 spiro atoms. The maximum absolute atomic E-state index is 6.11. The summed E-state index contributed by atoms with van der Waals surface area (Å²) in [6.45, 7) is 6.32. The van der Waals surface area contributed by atoms with Gasteiger partial charge in [-0.3, -0.25) is 0 Å². The van der Waals surface area contributed by atoms with E-state index in [1.165, 1.54) is 11.1 Å². The highest BCUT2D eigenvalue weighted by Gasteiger charge is 2.25. The van der Waals surface area contributed by atoms with Crippen molar-refractivity contribution in [3.63, 3.8) is 0 Å². The average Bonchev–Trinajstić information content (AvgIpc) is 3.11. The zero-order chi connectivity index (χ0) is 32.0. The van der Waals surface area contributed by atoms with Gasteiger partial charge in [0.1, 0.15) is 34.5 Å². The topological polar surface area (TPSA) is 37.4 Å². The molecular formula is C41H37N3O3. The molecule has 0 N–H and O–H groups in total. The van der Waals surface area contributed by atoms with Gasteiger partial charge in [-0.25, -0.2) is 0 Å². The molecule has 0 aromatic heterocycles. The number of hydrogen-bond donors (Lipinski definition) is 0. The van der Waals surface area contributed by atoms with E-state index in [-0.39, 0.29) is 0 Å². The lowest BCUT2D eigenvalue weighted by molar-refractivity contribution is 0.482. The van der Waals surface area contributed by atoms with Crippen LogP contribution in [0.3, 0.4) is 0 Å². The Morgan fingerprint density at radius 3 is 0.872 bits per heavy atom. The monoisotopic (exact) mass is 619 g/mol. The third-order valence-electron chi connectivity index (χ3n) is 8.12. The second-order valence-electron chi connectivity index (χ2n) is 11.8. The molecule has 1 heterocycles. The van der Waals surface area contributed by atoms with E-state index < -0.39 is 0 Å². The Bertz CT molecular complexity index is 1780. The van der Waals surface area contributed by atoms with Crippen LogP contribution < -0.4 is 28.9 Å². The van der Waals surface area contributed by atoms with E-state index in [1.54, 1.807) is 0 Å². The number of hydrogen-bond acceptors (Lipinski definition) is 6. The fourth-order valence-electron chi connectivity index (χ4n) is 5.53. The van der Waals surface area contributed by atoms with Gasteiger partial charge < -0.3 is 28.9 Å². The van der Waals surface area contributed by atoms with Crippen LogP contribution in [0.1, 0.15) is 11.1 Å². The zero-order valence-corrected chi connectivity index (χ0v) is 26.6. The summed E-state index contributed by atoms with van der Waals surface area (Å²) in [6, 6.07) is 51.0. The quantitative estimate of drug-likeness (QED) is 0.160. The molecule has 47 heavy (non-hydrogen) atoms. The van der Waals surface area contributed by atoms with E-state index in [4.69, 9.17) is 14.2 Å². The van der Waals surface area contributed by atoms with E-state index >= 15 is 0 Å². The van der Waals surface area contributed by atoms with E-state index in [9.17, 15) is 0 Å². The lowest BCUT2D eigenvalue weighted by Crippen LogP contribution is -2.55. The van der Waals surface area contributed by atoms with E-state index in [1.807, 2.05) is 91.0 Å². The van der Waals surface area contributed by atoms with Crippen LogP contribution in [-0.2, 0) is 0 Å². The SMILES string of the molecule is Cc1ccc(Oc2ccc(N3CN(c4ccc(Oc5ccccc5)cc4)CN(c4ccc(Oc5ccc(C)cc5)cc4)C3)cc2)cc1. The first-order valence-corrected chi connectivity index (χ1v) is 15.8. The Balaban J connectivity index is 1.11. The van der Waals surface area contributed by atoms with Crippen LogP contribution in [-0.4, -0.2) is 20.0 Å². The summed E-state index contributed by atoms with van der Waals surface area (Å²) in [4.78, 5) is 7.09. The first kappa shape index (κ1) is 29.8. The number of anilines is 3. The third kappa shape index (κ3) is 7.51. The van der Waals surface area contributed by atoms with E-state index in [2.05, 4.69) is 89.2 Å². The van der Waals surface area contributed by atoms with Gasteiger partial charge >= 0.3 is 0 Å². The molecule has 1 aliphatic heterocycles. The van der Waals surface area contributed by atoms with Gasteiger partial charge in [0, 0.05) is 17.1 Å². The van der Waals surface area contributed by atoms with Crippen molar-refractivity contribution < 1.29 is 14.2 Å². The second-order valence-corrected chi connectivity index (χ2v) is 11.8. The fraction of sp³-hybridized carbons (Fsp3) is 0.122. The van der Waals surface area contributed by atoms with Crippen LogP contribution in [0.25, 0.3) is 0 Å². The van der Waals surface area contributed by atoms with Crippen molar-refractivity contribution in [3.05, 3.63) is 163 Å². The Morgan fingerprint density at radius 2 is 0.574 bits per heavy atom. The van der Waals surface area contributed by atoms with Crippen molar-refractivity contribution in [2.75, 3.05) is 34.7 Å². The van der Waals surface area contributed by atoms with E-state index in [0.29, 0.717) is 0 Å². The minimum atomic E-state index is 0.724. The van der Waals surface area contributed by atoms with Gasteiger partial charge in [-0.1, -0.05) is 53.6 Å². The summed E-state index contributed by atoms with van der Waals surface area (Å²) >= 11 is 0. The molecule has 234 valence electrons. The molecule has 1 fully saturated rings. The molecule has 7 rings (SSSR count). The van der Waals surface area contributed by atoms with Gasteiger partial charge in [0.15, 0.2) is 0 Å². The number of nitrogens with zero attached hydrogens (tertiary/aromatic N) is 3. The summed E-state index contributed by atoms with van der Waals surface area (Å²) in [6.07, 6.45) is 0. The lowest BCUT2D eigenvalue weighted by Gasteiger charge is -2.45. The largest absolute Gasteiger partial charge is 0.457 e. The Morgan fingerprint density at radius 1 is 0.319 bits per heavy atom. The molecule has 0 radical (unpaired) electrons. The zero-order valence-electron chi connectivity index (χ0n) is 26.6. The van der Waals surface area contributed by atoms with Crippen molar-refractivity contribution in [1.82, 2.24) is 0 Å². The van der Waals surface area contributed by atoms with Crippen LogP contribution in [0.5, 0.6) is 34.5 Å². The summed E-state index contributed by atoms with van der Waals surface area (Å²) in [5, 5.41) is 0. The van der Waals surface area contributed by atoms with Crippen molar-refractivity contribution >= 4 is 17.1 Å². The van der Waals surface area contributed by atoms with Crippen LogP contribution in [0.2, 0.25) is 0 Å². The summed E-state index contributed by atoms with van der Waals surface area (Å²) in [7, 11) is 0. The molecule has 0 saturated carbocycles. The number of para-hydroxylation sites is 1. The van der Waals surface area contributed by atoms with Crippen molar-refractivity contribution in [2.45, 2.75) is 13.8 Å². The second kappa shape index (κ2) is 13.6. The van der Waals surface area contributed by atoms with Crippen LogP contribution in [0.4, 0.5) is 17.1 Å². The molecule has 6 nitrogen and oxygen atoms in total. The smallest absolute Gasteiger partial charge is 0.127 e. The highest BCUT2D eigenvalue weighted by Crippen LogP contribution is 2.32. The molecule has 0 unspecified atom stereocenters. The van der Waals surface area contributed by atoms with Gasteiger partial charge in [0.2, 0.25) is 0 Å². The Hall–Kier alpha value is -5.88. The Kier molecular flexibility index (Phi) is 8.64. The summed E-state index contributed by atoms with van der Waals surface area (Å²) in [5.41, 5.74) is 5.75. The highest BCUT2D eigenvalue weighted by molar-refractivity contribution is 5.60. The van der Waals surface area contributed by atoms with Crippen LogP contribution >= 0.6 is 0 Å². The van der Waals surface area contributed by atoms with Crippen LogP contribution in [0.15, 0.2) is 152 Å². The molecule has 1 aliphatic rings. The molecule has 6 aromatic carbocycles. The van der Waals surface area contributed by atoms with Gasteiger partial charge in [-0.2, -0.15) is 0 Å². The average molecular weight is 620 g/mol. The standard InChI is InChI=1S/C41H37N3O3/c1-31-8-18-37(19-9-31)46-40-24-14-34(15-25-40)43-28-42(33-12-22-39(23-13-33)45-36-6-4-3-5-7-36)29-44(30-43)35-16-26-41(27-17-35)47-38-20-10-32(2)11-21-38/h3-27H,28-30H2,1-2H3. The number of ether oxygens (including phenoxy) is 3. The minimum absolute atomic E-state index is 0.724. The van der Waals surface area contributed by atoms with Crippen molar-refractivity contribution in [1.29, 1.82) is 0 Å². The lowest BCUT2D eigenvalue weighted by atomic mass is 10.2. The van der Waals surface area contributed by atoms with E-state index in [0.717, 1.165) is 71.6 Å². The first-order valence-electron chi connectivity index (χ1n) is 15.8. The number of aryl methyl sites for hydroxylation is 2. The number of benzene rings is 6. The predicted octanol–water partition coefficient (Wildman–Crippen LogP) is 10.4. The fourth-order valence-corrected chi connectivity index (χ4v) is 5.53. The Labute approximate surface area is 276 Å². The van der Waals surface area contributed by atoms with Gasteiger partial charge in [0.25, 0.3) is 0 Å². The van der Waals surface area contributed by atoms with Crippen LogP contribution in [0, 0.1) is 13.8 Å². The first-order chi connectivity index (χ1) is 23.0. The van der Waals surface area contributed by atoms with Gasteiger partial charge in [0.05, 0.1) is 20.0 Å². The molecule has 1 saturated heterocycles. The highest BCUT2D eigenvalue weighted by atomic mass is 16.5. The third-order valence-corrected chi connectivity index (χ3v) is 8.12. The molecule has 0 aliphatic carbocycles. The minimum Gasteiger partial charge on any atom is -0.457 e. The number of rotatable bonds is 9. The molecular weight excluding hydrogens is 582 g/mol.